The maximum Gasteiger partial charge on any atom is 0.312 e. The van der Waals surface area contributed by atoms with Gasteiger partial charge in [0, 0.05) is 20.6 Å². The predicted molar refractivity (Wildman–Crippen MR) is 84.6 cm³/mol. The van der Waals surface area contributed by atoms with Gasteiger partial charge >= 0.3 is 5.69 Å². The van der Waals surface area contributed by atoms with Gasteiger partial charge in [0.1, 0.15) is 5.75 Å². The van der Waals surface area contributed by atoms with Gasteiger partial charge in [-0.1, -0.05) is 31.9 Å². The van der Waals surface area contributed by atoms with Crippen LogP contribution in [0.4, 0.5) is 5.69 Å². The van der Waals surface area contributed by atoms with E-state index in [1.54, 1.807) is 24.3 Å². The van der Waals surface area contributed by atoms with Crippen LogP contribution >= 0.6 is 43.5 Å². The predicted octanol–water partition coefficient (Wildman–Crippen LogP) is 5.65. The smallest absolute Gasteiger partial charge is 0.312 e. The average Bonchev–Trinajstić information content (AvgIpc) is 2.42. The van der Waals surface area contributed by atoms with Crippen molar-refractivity contribution in [2.24, 2.45) is 0 Å². The molecule has 0 bridgehead atoms. The Morgan fingerprint density at radius 2 is 1.70 bits per heavy atom. The van der Waals surface area contributed by atoms with Crippen LogP contribution in [-0.4, -0.2) is 4.92 Å². The molecule has 2 aromatic carbocycles. The van der Waals surface area contributed by atoms with Crippen molar-refractivity contribution in [3.05, 3.63) is 61.0 Å². The summed E-state index contributed by atoms with van der Waals surface area (Å²) in [6.07, 6.45) is 0. The quantitative estimate of drug-likeness (QED) is 0.364. The largest absolute Gasteiger partial charge is 0.450 e. The fourth-order valence-electron chi connectivity index (χ4n) is 1.59. The van der Waals surface area contributed by atoms with Gasteiger partial charge in [-0.05, 0) is 30.3 Å². The highest BCUT2D eigenvalue weighted by Crippen LogP contribution is 2.36. The SMILES string of the molecule is O=[N+]([O-])c1cc(Br)ccc1Oc1ccc(Br)cc1CCl. The van der Waals surface area contributed by atoms with Gasteiger partial charge in [-0.3, -0.25) is 10.1 Å². The minimum atomic E-state index is -0.487. The molecule has 104 valence electrons. The summed E-state index contributed by atoms with van der Waals surface area (Å²) in [5.41, 5.74) is 0.640. The van der Waals surface area contributed by atoms with Crippen molar-refractivity contribution in [1.29, 1.82) is 0 Å². The van der Waals surface area contributed by atoms with Gasteiger partial charge in [0.15, 0.2) is 0 Å². The first-order chi connectivity index (χ1) is 9.51. The van der Waals surface area contributed by atoms with Crippen molar-refractivity contribution in [2.45, 2.75) is 5.88 Å². The highest BCUT2D eigenvalue weighted by Gasteiger charge is 2.17. The molecular formula is C13H8Br2ClNO3. The Morgan fingerprint density at radius 1 is 1.10 bits per heavy atom. The number of nitro groups is 1. The second-order valence-electron chi connectivity index (χ2n) is 3.86. The van der Waals surface area contributed by atoms with Crippen LogP contribution in [0.25, 0.3) is 0 Å². The number of nitrogens with zero attached hydrogens (tertiary/aromatic N) is 1. The van der Waals surface area contributed by atoms with Crippen LogP contribution in [0, 0.1) is 10.1 Å². The Balaban J connectivity index is 2.42. The molecule has 0 radical (unpaired) electrons. The van der Waals surface area contributed by atoms with Crippen molar-refractivity contribution >= 4 is 49.1 Å². The van der Waals surface area contributed by atoms with E-state index in [9.17, 15) is 10.1 Å². The van der Waals surface area contributed by atoms with Crippen molar-refractivity contribution in [2.75, 3.05) is 0 Å². The van der Waals surface area contributed by atoms with Crippen LogP contribution in [0.15, 0.2) is 45.3 Å². The first-order valence-electron chi connectivity index (χ1n) is 5.47. The van der Waals surface area contributed by atoms with Gasteiger partial charge in [-0.15, -0.1) is 11.6 Å². The molecule has 0 aromatic heterocycles. The van der Waals surface area contributed by atoms with Crippen molar-refractivity contribution in [1.82, 2.24) is 0 Å². The van der Waals surface area contributed by atoms with Gasteiger partial charge in [0.25, 0.3) is 0 Å². The van der Waals surface area contributed by atoms with Crippen LogP contribution in [0.5, 0.6) is 11.5 Å². The molecule has 0 saturated heterocycles. The molecule has 20 heavy (non-hydrogen) atoms. The molecule has 0 unspecified atom stereocenters. The minimum Gasteiger partial charge on any atom is -0.450 e. The summed E-state index contributed by atoms with van der Waals surface area (Å²) in [5, 5.41) is 11.0. The third-order valence-electron chi connectivity index (χ3n) is 2.50. The Labute approximate surface area is 137 Å². The third-order valence-corrected chi connectivity index (χ3v) is 3.78. The number of nitro benzene ring substituents is 1. The Bertz CT molecular complexity index is 664. The summed E-state index contributed by atoms with van der Waals surface area (Å²) in [7, 11) is 0. The van der Waals surface area contributed by atoms with Crippen LogP contribution in [0.2, 0.25) is 0 Å². The van der Waals surface area contributed by atoms with E-state index >= 15 is 0 Å². The Morgan fingerprint density at radius 3 is 2.30 bits per heavy atom. The standard InChI is InChI=1S/C13H8Br2ClNO3/c14-9-1-3-12(8(5-9)7-16)20-13-4-2-10(15)6-11(13)17(18)19/h1-6H,7H2. The number of halogens is 3. The molecule has 0 atom stereocenters. The highest BCUT2D eigenvalue weighted by molar-refractivity contribution is 9.10. The molecule has 0 spiro atoms. The van der Waals surface area contributed by atoms with Gasteiger partial charge in [0.2, 0.25) is 5.75 Å². The molecule has 0 amide bonds. The summed E-state index contributed by atoms with van der Waals surface area (Å²) in [5.74, 6) is 0.916. The maximum atomic E-state index is 11.0. The molecule has 0 fully saturated rings. The molecule has 0 heterocycles. The average molecular weight is 421 g/mol. The number of ether oxygens (including phenoxy) is 1. The number of hydrogen-bond donors (Lipinski definition) is 0. The van der Waals surface area contributed by atoms with Crippen LogP contribution in [0.1, 0.15) is 5.56 Å². The van der Waals surface area contributed by atoms with E-state index < -0.39 is 4.92 Å². The zero-order valence-corrected chi connectivity index (χ0v) is 13.9. The van der Waals surface area contributed by atoms with Gasteiger partial charge in [-0.2, -0.15) is 0 Å². The fraction of sp³-hybridized carbons (Fsp3) is 0.0769. The molecule has 7 heteroatoms. The second-order valence-corrected chi connectivity index (χ2v) is 5.96. The Hall–Kier alpha value is -1.11. The maximum absolute atomic E-state index is 11.0. The van der Waals surface area contributed by atoms with E-state index in [1.807, 2.05) is 6.07 Å². The molecule has 0 aliphatic heterocycles. The number of hydrogen-bond acceptors (Lipinski definition) is 3. The molecule has 2 rings (SSSR count). The van der Waals surface area contributed by atoms with E-state index in [4.69, 9.17) is 16.3 Å². The summed E-state index contributed by atoms with van der Waals surface area (Å²) in [6.45, 7) is 0. The Kier molecular flexibility index (Phi) is 5.01. The highest BCUT2D eigenvalue weighted by atomic mass is 79.9. The van der Waals surface area contributed by atoms with Gasteiger partial charge in [0.05, 0.1) is 10.8 Å². The van der Waals surface area contributed by atoms with E-state index in [0.717, 1.165) is 10.0 Å². The number of alkyl halides is 1. The lowest BCUT2D eigenvalue weighted by Gasteiger charge is -2.10. The van der Waals surface area contributed by atoms with E-state index in [1.165, 1.54) is 6.07 Å². The normalized spacial score (nSPS) is 10.3. The van der Waals surface area contributed by atoms with Crippen LogP contribution in [0.3, 0.4) is 0 Å². The third kappa shape index (κ3) is 3.50. The van der Waals surface area contributed by atoms with Crippen molar-refractivity contribution in [3.63, 3.8) is 0 Å². The minimum absolute atomic E-state index is 0.109. The molecule has 0 aliphatic rings. The first kappa shape index (κ1) is 15.3. The first-order valence-corrected chi connectivity index (χ1v) is 7.59. The van der Waals surface area contributed by atoms with Crippen molar-refractivity contribution in [3.8, 4) is 11.5 Å². The van der Waals surface area contributed by atoms with E-state index in [0.29, 0.717) is 10.2 Å². The van der Waals surface area contributed by atoms with Crippen LogP contribution in [-0.2, 0) is 5.88 Å². The molecule has 0 aliphatic carbocycles. The molecule has 0 saturated carbocycles. The van der Waals surface area contributed by atoms with Crippen molar-refractivity contribution < 1.29 is 9.66 Å². The molecular weight excluding hydrogens is 413 g/mol. The topological polar surface area (TPSA) is 52.4 Å². The lowest BCUT2D eigenvalue weighted by Crippen LogP contribution is -1.95. The van der Waals surface area contributed by atoms with E-state index in [-0.39, 0.29) is 17.3 Å². The summed E-state index contributed by atoms with van der Waals surface area (Å²) >= 11 is 12.4. The second kappa shape index (κ2) is 6.56. The fourth-order valence-corrected chi connectivity index (χ4v) is 2.56. The van der Waals surface area contributed by atoms with E-state index in [2.05, 4.69) is 31.9 Å². The molecule has 0 N–H and O–H groups in total. The van der Waals surface area contributed by atoms with Gasteiger partial charge < -0.3 is 4.74 Å². The monoisotopic (exact) mass is 419 g/mol. The van der Waals surface area contributed by atoms with Gasteiger partial charge in [-0.25, -0.2) is 0 Å². The summed E-state index contributed by atoms with van der Waals surface area (Å²) < 4.78 is 7.12. The lowest BCUT2D eigenvalue weighted by atomic mass is 10.2. The molecule has 4 nitrogen and oxygen atoms in total. The summed E-state index contributed by atoms with van der Waals surface area (Å²) in [6, 6.07) is 9.94. The lowest BCUT2D eigenvalue weighted by molar-refractivity contribution is -0.385. The zero-order chi connectivity index (χ0) is 14.7. The number of benzene rings is 2. The summed E-state index contributed by atoms with van der Waals surface area (Å²) in [4.78, 5) is 10.6. The zero-order valence-electron chi connectivity index (χ0n) is 9.98. The number of rotatable bonds is 4. The molecule has 2 aromatic rings. The van der Waals surface area contributed by atoms with Crippen LogP contribution < -0.4 is 4.74 Å².